The number of piperidine rings is 1. The summed E-state index contributed by atoms with van der Waals surface area (Å²) in [5, 5.41) is 17.3. The molecule has 0 bridgehead atoms. The molecule has 16 heteroatoms. The van der Waals surface area contributed by atoms with Crippen molar-refractivity contribution in [2.45, 2.75) is 69.9 Å². The van der Waals surface area contributed by atoms with Gasteiger partial charge in [-0.15, -0.1) is 6.58 Å². The zero-order chi connectivity index (χ0) is 49.2. The quantitative estimate of drug-likeness (QED) is 0.0526. The molecule has 2 aromatic heterocycles. The minimum absolute atomic E-state index is 0.172. The lowest BCUT2D eigenvalue weighted by Gasteiger charge is -2.44. The highest BCUT2D eigenvalue weighted by molar-refractivity contribution is 6.05. The SMILES string of the molecule is C=CCN(C)N(c1ccc2c(n1)C(CC)CC2)c1nc(Nc2ccc(N3CCN(C4CCN(c5cccc(C(=O)N(C)C(C=O)CCC=O)c5C=O)CC4)CC3)cc2)ncc1C=C.CNC.CO. The summed E-state index contributed by atoms with van der Waals surface area (Å²) in [6.45, 7) is 16.1. The lowest BCUT2D eigenvalue weighted by atomic mass is 9.98. The van der Waals surface area contributed by atoms with Gasteiger partial charge in [0.1, 0.15) is 18.4 Å². The average molecular weight is 930 g/mol. The van der Waals surface area contributed by atoms with E-state index in [9.17, 15) is 19.2 Å². The standard InChI is InChI=1S/C49H60N10O4.C2H7N.CH4O/c1-6-24-54(4)59(45-21-16-37-15-14-35(7-2)46(37)52-45)47-36(8-3)32-50-49(53-47)51-38-17-19-39(20-18-38)56-27-29-57(30-28-56)40-22-25-58(26-23-40)44-13-9-12-42(43(44)34-62)48(63)55(5)41(33-61)11-10-31-60;1-3-2;1-2/h6,8-9,12-13,16-21,31-35,40-41H,1,3,7,10-11,14-15,22-30H2,2,4-5H3,(H,50,51,53);3H,1-2H3;2H,1H3. The lowest BCUT2D eigenvalue weighted by molar-refractivity contribution is -0.112. The van der Waals surface area contributed by atoms with E-state index in [0.29, 0.717) is 42.1 Å². The number of amides is 1. The second-order valence-electron chi connectivity index (χ2n) is 17.1. The molecule has 2 fully saturated rings. The number of rotatable bonds is 19. The van der Waals surface area contributed by atoms with Crippen molar-refractivity contribution in [3.05, 3.63) is 108 Å². The van der Waals surface area contributed by atoms with E-state index < -0.39 is 11.9 Å². The molecule has 2 atom stereocenters. The average Bonchev–Trinajstić information content (AvgIpc) is 3.80. The van der Waals surface area contributed by atoms with Gasteiger partial charge in [-0.25, -0.2) is 20.0 Å². The second-order valence-corrected chi connectivity index (χ2v) is 17.1. The molecule has 0 radical (unpaired) electrons. The van der Waals surface area contributed by atoms with Gasteiger partial charge >= 0.3 is 0 Å². The molecule has 7 rings (SSSR count). The Morgan fingerprint density at radius 2 is 1.62 bits per heavy atom. The number of hydrogen-bond donors (Lipinski definition) is 3. The molecule has 68 heavy (non-hydrogen) atoms. The number of hydrazine groups is 1. The summed E-state index contributed by atoms with van der Waals surface area (Å²) in [6, 6.07) is 17.7. The number of hydrogen-bond acceptors (Lipinski definition) is 15. The van der Waals surface area contributed by atoms with E-state index in [1.165, 1.54) is 23.2 Å². The van der Waals surface area contributed by atoms with Crippen LogP contribution in [0, 0.1) is 0 Å². The van der Waals surface area contributed by atoms with Gasteiger partial charge in [0.05, 0.1) is 17.2 Å². The number of nitrogens with one attached hydrogen (secondary N) is 2. The van der Waals surface area contributed by atoms with Crippen molar-refractivity contribution in [2.75, 3.05) is 101 Å². The fourth-order valence-corrected chi connectivity index (χ4v) is 9.28. The van der Waals surface area contributed by atoms with E-state index in [-0.39, 0.29) is 18.4 Å². The van der Waals surface area contributed by atoms with Crippen molar-refractivity contribution in [1.82, 2.24) is 35.1 Å². The number of pyridine rings is 1. The molecule has 1 amide bonds. The minimum atomic E-state index is -0.741. The van der Waals surface area contributed by atoms with Gasteiger partial charge < -0.3 is 40.0 Å². The van der Waals surface area contributed by atoms with E-state index in [1.54, 1.807) is 24.4 Å². The number of aliphatic hydroxyl groups is 1. The highest BCUT2D eigenvalue weighted by Crippen LogP contribution is 2.37. The van der Waals surface area contributed by atoms with E-state index in [1.807, 2.05) is 38.3 Å². The molecular formula is C52H71N11O5. The number of piperazine rings is 1. The molecule has 4 aromatic rings. The smallest absolute Gasteiger partial charge is 0.255 e. The first-order valence-corrected chi connectivity index (χ1v) is 23.6. The predicted octanol–water partition coefficient (Wildman–Crippen LogP) is 6.54. The van der Waals surface area contributed by atoms with Gasteiger partial charge in [-0.2, -0.15) is 4.98 Å². The first-order chi connectivity index (χ1) is 33.1. The zero-order valence-corrected chi connectivity index (χ0v) is 40.8. The van der Waals surface area contributed by atoms with Gasteiger partial charge in [-0.1, -0.05) is 37.8 Å². The number of aromatic nitrogens is 3. The van der Waals surface area contributed by atoms with E-state index in [4.69, 9.17) is 15.1 Å². The van der Waals surface area contributed by atoms with Gasteiger partial charge in [0.2, 0.25) is 5.95 Å². The molecule has 4 heterocycles. The molecule has 16 nitrogen and oxygen atoms in total. The number of fused-ring (bicyclic) bond motifs is 1. The lowest BCUT2D eigenvalue weighted by Crippen LogP contribution is -2.53. The number of benzene rings is 2. The third-order valence-corrected chi connectivity index (χ3v) is 12.9. The van der Waals surface area contributed by atoms with Crippen LogP contribution >= 0.6 is 0 Å². The Kier molecular flexibility index (Phi) is 20.3. The highest BCUT2D eigenvalue weighted by Gasteiger charge is 2.31. The molecule has 0 saturated carbocycles. The number of likely N-dealkylation sites (N-methyl/N-ethyl adjacent to an activating group) is 2. The second kappa shape index (κ2) is 26.3. The number of nitrogens with zero attached hydrogens (tertiary/aromatic N) is 9. The molecular weight excluding hydrogens is 859 g/mol. The van der Waals surface area contributed by atoms with Crippen LogP contribution in [0.25, 0.3) is 6.08 Å². The maximum atomic E-state index is 13.4. The topological polar surface area (TPSA) is 171 Å². The van der Waals surface area contributed by atoms with Crippen molar-refractivity contribution in [1.29, 1.82) is 0 Å². The number of anilines is 6. The predicted molar refractivity (Wildman–Crippen MR) is 274 cm³/mol. The number of carbonyl (C=O) groups excluding carboxylic acids is 4. The van der Waals surface area contributed by atoms with Crippen LogP contribution in [0.5, 0.6) is 0 Å². The Bertz CT molecular complexity index is 2290. The van der Waals surface area contributed by atoms with E-state index in [0.717, 1.165) is 119 Å². The Hall–Kier alpha value is -6.33. The van der Waals surface area contributed by atoms with E-state index >= 15 is 0 Å². The summed E-state index contributed by atoms with van der Waals surface area (Å²) in [7, 11) is 8.29. The van der Waals surface area contributed by atoms with Gasteiger partial charge in [0.15, 0.2) is 12.1 Å². The normalized spacial score (nSPS) is 16.3. The highest BCUT2D eigenvalue weighted by atomic mass is 16.2. The molecule has 364 valence electrons. The first-order valence-electron chi connectivity index (χ1n) is 23.6. The van der Waals surface area contributed by atoms with Crippen LogP contribution in [0.4, 0.5) is 34.6 Å². The van der Waals surface area contributed by atoms with Gasteiger partial charge in [-0.05, 0) is 101 Å². The summed E-state index contributed by atoms with van der Waals surface area (Å²) < 4.78 is 0. The minimum Gasteiger partial charge on any atom is -0.400 e. The van der Waals surface area contributed by atoms with Crippen LogP contribution in [-0.4, -0.2) is 153 Å². The summed E-state index contributed by atoms with van der Waals surface area (Å²) in [5.41, 5.74) is 6.66. The van der Waals surface area contributed by atoms with Crippen LogP contribution in [0.3, 0.4) is 0 Å². The Balaban J connectivity index is 0.00000166. The Labute approximate surface area is 402 Å². The third-order valence-electron chi connectivity index (χ3n) is 12.9. The summed E-state index contributed by atoms with van der Waals surface area (Å²) in [6.07, 6.45) is 13.1. The van der Waals surface area contributed by atoms with Crippen LogP contribution in [0.2, 0.25) is 0 Å². The first kappa shape index (κ1) is 52.6. The number of aldehydes is 3. The van der Waals surface area contributed by atoms with Crippen molar-refractivity contribution in [2.24, 2.45) is 0 Å². The van der Waals surface area contributed by atoms with Gasteiger partial charge in [0, 0.05) is 120 Å². The molecule has 2 aliphatic heterocycles. The van der Waals surface area contributed by atoms with Crippen LogP contribution in [0.1, 0.15) is 88.9 Å². The monoisotopic (exact) mass is 930 g/mol. The van der Waals surface area contributed by atoms with Crippen LogP contribution < -0.4 is 25.4 Å². The fourth-order valence-electron chi connectivity index (χ4n) is 9.28. The largest absolute Gasteiger partial charge is 0.400 e. The number of carbonyl (C=O) groups is 4. The van der Waals surface area contributed by atoms with Crippen molar-refractivity contribution >= 4 is 65.5 Å². The number of aliphatic hydroxyl groups excluding tert-OH is 1. The maximum absolute atomic E-state index is 13.4. The fraction of sp³-hybridized carbons (Fsp3) is 0.442. The van der Waals surface area contributed by atoms with Crippen LogP contribution in [-0.2, 0) is 16.0 Å². The Morgan fingerprint density at radius 1 is 0.912 bits per heavy atom. The Morgan fingerprint density at radius 3 is 2.24 bits per heavy atom. The molecule has 3 N–H and O–H groups in total. The maximum Gasteiger partial charge on any atom is 0.255 e. The van der Waals surface area contributed by atoms with Crippen molar-refractivity contribution in [3.8, 4) is 0 Å². The van der Waals surface area contributed by atoms with Crippen molar-refractivity contribution in [3.63, 3.8) is 0 Å². The molecule has 0 spiro atoms. The molecule has 2 saturated heterocycles. The third kappa shape index (κ3) is 12.6. The molecule has 2 aromatic carbocycles. The van der Waals surface area contributed by atoms with E-state index in [2.05, 4.69) is 91.8 Å². The van der Waals surface area contributed by atoms with Gasteiger partial charge in [-0.3, -0.25) is 14.5 Å². The summed E-state index contributed by atoms with van der Waals surface area (Å²) >= 11 is 0. The number of aryl methyl sites for hydroxylation is 1. The van der Waals surface area contributed by atoms with Crippen LogP contribution in [0.15, 0.2) is 80.0 Å². The molecule has 3 aliphatic rings. The summed E-state index contributed by atoms with van der Waals surface area (Å²) in [5.74, 6) is 2.00. The molecule has 1 aliphatic carbocycles. The zero-order valence-electron chi connectivity index (χ0n) is 40.8. The van der Waals surface area contributed by atoms with Crippen molar-refractivity contribution < 1.29 is 24.3 Å². The molecule has 2 unspecified atom stereocenters. The summed E-state index contributed by atoms with van der Waals surface area (Å²) in [4.78, 5) is 71.8. The van der Waals surface area contributed by atoms with Gasteiger partial charge in [0.25, 0.3) is 5.91 Å².